The van der Waals surface area contributed by atoms with Crippen LogP contribution in [0.5, 0.6) is 0 Å². The molecule has 0 aromatic carbocycles. The third-order valence-corrected chi connectivity index (χ3v) is 4.73. The summed E-state index contributed by atoms with van der Waals surface area (Å²) >= 11 is 0. The van der Waals surface area contributed by atoms with E-state index >= 15 is 0 Å². The molecular formula is C18H30N4O2. The van der Waals surface area contributed by atoms with Crippen LogP contribution < -0.4 is 5.56 Å². The second kappa shape index (κ2) is 8.99. The molecule has 2 heterocycles. The number of pyridine rings is 1. The van der Waals surface area contributed by atoms with Crippen molar-refractivity contribution in [2.24, 2.45) is 7.05 Å². The molecule has 0 N–H and O–H groups in total. The van der Waals surface area contributed by atoms with Crippen LogP contribution in [0.3, 0.4) is 0 Å². The Morgan fingerprint density at radius 2 is 1.79 bits per heavy atom. The molecule has 134 valence electrons. The Kier molecular flexibility index (Phi) is 6.99. The van der Waals surface area contributed by atoms with Gasteiger partial charge in [0.15, 0.2) is 0 Å². The first-order valence-corrected chi connectivity index (χ1v) is 8.95. The highest BCUT2D eigenvalue weighted by atomic mass is 16.2. The van der Waals surface area contributed by atoms with Crippen molar-refractivity contribution in [2.45, 2.75) is 20.3 Å². The average Bonchev–Trinajstić information content (AvgIpc) is 2.61. The molecule has 0 unspecified atom stereocenters. The number of nitrogens with zero attached hydrogens (tertiary/aromatic N) is 4. The van der Waals surface area contributed by atoms with E-state index in [1.165, 1.54) is 10.6 Å². The largest absolute Gasteiger partial charge is 0.337 e. The Bertz CT molecular complexity index is 591. The summed E-state index contributed by atoms with van der Waals surface area (Å²) in [6.07, 6.45) is 2.57. The van der Waals surface area contributed by atoms with E-state index in [1.54, 1.807) is 19.3 Å². The van der Waals surface area contributed by atoms with Crippen LogP contribution in [0.1, 0.15) is 30.6 Å². The lowest BCUT2D eigenvalue weighted by molar-refractivity contribution is 0.0708. The van der Waals surface area contributed by atoms with Gasteiger partial charge in [-0.3, -0.25) is 14.5 Å². The molecule has 2 rings (SSSR count). The number of aromatic nitrogens is 1. The lowest BCUT2D eigenvalue weighted by atomic mass is 10.2. The first-order valence-electron chi connectivity index (χ1n) is 8.95. The molecule has 0 bridgehead atoms. The number of hydrogen-bond donors (Lipinski definition) is 0. The van der Waals surface area contributed by atoms with Crippen molar-refractivity contribution in [3.05, 3.63) is 34.2 Å². The lowest BCUT2D eigenvalue weighted by Gasteiger charge is -2.35. The van der Waals surface area contributed by atoms with Gasteiger partial charge in [0.05, 0.1) is 0 Å². The lowest BCUT2D eigenvalue weighted by Crippen LogP contribution is -2.48. The molecule has 1 aromatic heterocycles. The fourth-order valence-corrected chi connectivity index (χ4v) is 3.04. The van der Waals surface area contributed by atoms with Gasteiger partial charge in [0.1, 0.15) is 0 Å². The van der Waals surface area contributed by atoms with Crippen LogP contribution in [-0.4, -0.2) is 77.5 Å². The number of hydrogen-bond acceptors (Lipinski definition) is 4. The van der Waals surface area contributed by atoms with Gasteiger partial charge in [-0.05, 0) is 19.0 Å². The summed E-state index contributed by atoms with van der Waals surface area (Å²) in [6, 6.07) is 3.16. The van der Waals surface area contributed by atoms with Gasteiger partial charge in [0, 0.05) is 70.7 Å². The smallest absolute Gasteiger partial charge is 0.254 e. The van der Waals surface area contributed by atoms with Crippen LogP contribution in [0.25, 0.3) is 0 Å². The molecule has 1 fully saturated rings. The molecule has 0 aliphatic carbocycles. The van der Waals surface area contributed by atoms with E-state index in [-0.39, 0.29) is 11.5 Å². The topological polar surface area (TPSA) is 48.8 Å². The maximum atomic E-state index is 12.7. The zero-order valence-electron chi connectivity index (χ0n) is 15.2. The summed E-state index contributed by atoms with van der Waals surface area (Å²) in [5, 5.41) is 0. The summed E-state index contributed by atoms with van der Waals surface area (Å²) in [4.78, 5) is 31.2. The molecule has 0 radical (unpaired) electrons. The van der Waals surface area contributed by atoms with Crippen molar-refractivity contribution in [3.8, 4) is 0 Å². The number of carbonyl (C=O) groups is 1. The minimum Gasteiger partial charge on any atom is -0.337 e. The SMILES string of the molecule is CCCN(CCN1CCN(CC)CC1)C(=O)c1ccn(C)c(=O)c1. The predicted molar refractivity (Wildman–Crippen MR) is 96.4 cm³/mol. The van der Waals surface area contributed by atoms with Crippen molar-refractivity contribution < 1.29 is 4.79 Å². The molecule has 6 heteroatoms. The van der Waals surface area contributed by atoms with Gasteiger partial charge in [-0.2, -0.15) is 0 Å². The molecule has 1 aliphatic rings. The van der Waals surface area contributed by atoms with Gasteiger partial charge in [0.25, 0.3) is 11.5 Å². The van der Waals surface area contributed by atoms with Gasteiger partial charge in [-0.25, -0.2) is 0 Å². The first-order chi connectivity index (χ1) is 11.5. The highest BCUT2D eigenvalue weighted by molar-refractivity contribution is 5.94. The van der Waals surface area contributed by atoms with Crippen LogP contribution in [0.2, 0.25) is 0 Å². The summed E-state index contributed by atoms with van der Waals surface area (Å²) in [5.41, 5.74) is 0.343. The second-order valence-electron chi connectivity index (χ2n) is 6.43. The molecule has 1 saturated heterocycles. The van der Waals surface area contributed by atoms with Gasteiger partial charge in [-0.1, -0.05) is 13.8 Å². The number of amides is 1. The standard InChI is InChI=1S/C18H30N4O2/c1-4-7-22(14-13-21-11-9-20(5-2)10-12-21)18(24)16-6-8-19(3)17(23)15-16/h6,8,15H,4-5,7,9-14H2,1-3H3. The maximum Gasteiger partial charge on any atom is 0.254 e. The van der Waals surface area contributed by atoms with Crippen molar-refractivity contribution in [1.82, 2.24) is 19.3 Å². The van der Waals surface area contributed by atoms with E-state index in [9.17, 15) is 9.59 Å². The number of likely N-dealkylation sites (N-methyl/N-ethyl adjacent to an activating group) is 1. The van der Waals surface area contributed by atoms with E-state index in [4.69, 9.17) is 0 Å². The molecule has 0 saturated carbocycles. The molecule has 1 amide bonds. The van der Waals surface area contributed by atoms with Crippen LogP contribution in [-0.2, 0) is 7.05 Å². The Hall–Kier alpha value is -1.66. The van der Waals surface area contributed by atoms with Gasteiger partial charge in [0.2, 0.25) is 0 Å². The molecule has 0 atom stereocenters. The van der Waals surface area contributed by atoms with Crippen LogP contribution in [0.15, 0.2) is 23.1 Å². The van der Waals surface area contributed by atoms with E-state index in [2.05, 4.69) is 23.6 Å². The molecule has 0 spiro atoms. The molecule has 1 aliphatic heterocycles. The van der Waals surface area contributed by atoms with Crippen molar-refractivity contribution >= 4 is 5.91 Å². The predicted octanol–water partition coefficient (Wildman–Crippen LogP) is 0.875. The number of piperazine rings is 1. The molecule has 6 nitrogen and oxygen atoms in total. The quantitative estimate of drug-likeness (QED) is 0.743. The monoisotopic (exact) mass is 334 g/mol. The Morgan fingerprint density at radius 3 is 2.38 bits per heavy atom. The van der Waals surface area contributed by atoms with Crippen LogP contribution in [0.4, 0.5) is 0 Å². The van der Waals surface area contributed by atoms with Crippen molar-refractivity contribution in [1.29, 1.82) is 0 Å². The third-order valence-electron chi connectivity index (χ3n) is 4.73. The highest BCUT2D eigenvalue weighted by Crippen LogP contribution is 2.06. The van der Waals surface area contributed by atoms with Crippen molar-refractivity contribution in [3.63, 3.8) is 0 Å². The van der Waals surface area contributed by atoms with E-state index in [0.29, 0.717) is 12.1 Å². The summed E-state index contributed by atoms with van der Waals surface area (Å²) < 4.78 is 1.48. The maximum absolute atomic E-state index is 12.7. The number of rotatable bonds is 7. The summed E-state index contributed by atoms with van der Waals surface area (Å²) in [7, 11) is 1.69. The minimum atomic E-state index is -0.145. The van der Waals surface area contributed by atoms with E-state index < -0.39 is 0 Å². The first kappa shape index (κ1) is 18.7. The molecule has 1 aromatic rings. The number of aryl methyl sites for hydroxylation is 1. The normalized spacial score (nSPS) is 16.3. The third kappa shape index (κ3) is 4.92. The number of carbonyl (C=O) groups excluding carboxylic acids is 1. The van der Waals surface area contributed by atoms with E-state index in [0.717, 1.165) is 52.2 Å². The second-order valence-corrected chi connectivity index (χ2v) is 6.43. The minimum absolute atomic E-state index is 0.0401. The van der Waals surface area contributed by atoms with Crippen LogP contribution >= 0.6 is 0 Å². The Morgan fingerprint density at radius 1 is 1.12 bits per heavy atom. The fourth-order valence-electron chi connectivity index (χ4n) is 3.04. The molecular weight excluding hydrogens is 304 g/mol. The zero-order chi connectivity index (χ0) is 17.5. The summed E-state index contributed by atoms with van der Waals surface area (Å²) in [5.74, 6) is -0.0401. The van der Waals surface area contributed by atoms with Gasteiger partial charge >= 0.3 is 0 Å². The van der Waals surface area contributed by atoms with Crippen molar-refractivity contribution in [2.75, 3.05) is 52.4 Å². The average molecular weight is 334 g/mol. The van der Waals surface area contributed by atoms with E-state index in [1.807, 2.05) is 4.90 Å². The Labute approximate surface area is 144 Å². The van der Waals surface area contributed by atoms with Gasteiger partial charge in [-0.15, -0.1) is 0 Å². The molecule has 24 heavy (non-hydrogen) atoms. The highest BCUT2D eigenvalue weighted by Gasteiger charge is 2.19. The van der Waals surface area contributed by atoms with Crippen LogP contribution in [0, 0.1) is 0 Å². The summed E-state index contributed by atoms with van der Waals surface area (Å²) in [6.45, 7) is 12.1. The van der Waals surface area contributed by atoms with Gasteiger partial charge < -0.3 is 14.4 Å². The fraction of sp³-hybridized carbons (Fsp3) is 0.667. The Balaban J connectivity index is 1.94. The zero-order valence-corrected chi connectivity index (χ0v) is 15.2.